The Kier molecular flexibility index (Phi) is 2.64. The molecule has 1 aromatic heterocycles. The Morgan fingerprint density at radius 2 is 2.38 bits per heavy atom. The molecule has 0 aliphatic carbocycles. The van der Waals surface area contributed by atoms with Gasteiger partial charge in [0.05, 0.1) is 6.33 Å². The minimum Gasteiger partial charge on any atom is -0.332 e. The third kappa shape index (κ3) is 1.91. The molecule has 1 aromatic rings. The fraction of sp³-hybridized carbons (Fsp3) is 0.700. The molecule has 0 saturated carbocycles. The topological polar surface area (TPSA) is 29.9 Å². The molecule has 3 heteroatoms. The van der Waals surface area contributed by atoms with Gasteiger partial charge in [0, 0.05) is 17.9 Å². The van der Waals surface area contributed by atoms with Crippen LogP contribution in [-0.2, 0) is 0 Å². The zero-order valence-corrected chi connectivity index (χ0v) is 8.16. The van der Waals surface area contributed by atoms with E-state index in [9.17, 15) is 0 Å². The number of aryl methyl sites for hydroxylation is 1. The first-order valence-corrected chi connectivity index (χ1v) is 5.07. The minimum atomic E-state index is 0.664. The van der Waals surface area contributed by atoms with E-state index in [-0.39, 0.29) is 0 Å². The SMILES string of the molecule is Cc1cncn1C1CCCNCC1. The number of imidazole rings is 1. The Bertz CT molecular complexity index is 259. The molecule has 0 aromatic carbocycles. The van der Waals surface area contributed by atoms with E-state index in [2.05, 4.69) is 21.8 Å². The molecule has 2 rings (SSSR count). The second-order valence-corrected chi connectivity index (χ2v) is 3.78. The zero-order chi connectivity index (χ0) is 9.10. The van der Waals surface area contributed by atoms with E-state index in [4.69, 9.17) is 0 Å². The summed E-state index contributed by atoms with van der Waals surface area (Å²) < 4.78 is 2.31. The van der Waals surface area contributed by atoms with Crippen molar-refractivity contribution in [2.24, 2.45) is 0 Å². The summed E-state index contributed by atoms with van der Waals surface area (Å²) in [6.45, 7) is 4.44. The van der Waals surface area contributed by atoms with E-state index in [1.165, 1.54) is 31.5 Å². The van der Waals surface area contributed by atoms with Crippen LogP contribution in [0.2, 0.25) is 0 Å². The van der Waals surface area contributed by atoms with Crippen LogP contribution in [-0.4, -0.2) is 22.6 Å². The van der Waals surface area contributed by atoms with Gasteiger partial charge < -0.3 is 9.88 Å². The van der Waals surface area contributed by atoms with Crippen molar-refractivity contribution >= 4 is 0 Å². The van der Waals surface area contributed by atoms with Crippen molar-refractivity contribution in [3.63, 3.8) is 0 Å². The van der Waals surface area contributed by atoms with E-state index >= 15 is 0 Å². The number of hydrogen-bond acceptors (Lipinski definition) is 2. The summed E-state index contributed by atoms with van der Waals surface area (Å²) in [6.07, 6.45) is 7.70. The predicted octanol–water partition coefficient (Wildman–Crippen LogP) is 1.51. The Labute approximate surface area is 79.2 Å². The van der Waals surface area contributed by atoms with Crippen molar-refractivity contribution in [3.05, 3.63) is 18.2 Å². The Balaban J connectivity index is 2.10. The van der Waals surface area contributed by atoms with Gasteiger partial charge in [-0.25, -0.2) is 4.98 Å². The van der Waals surface area contributed by atoms with Crippen molar-refractivity contribution in [1.82, 2.24) is 14.9 Å². The number of nitrogens with one attached hydrogen (secondary N) is 1. The standard InChI is InChI=1S/C10H17N3/c1-9-7-12-8-13(9)10-3-2-5-11-6-4-10/h7-8,10-11H,2-6H2,1H3. The van der Waals surface area contributed by atoms with E-state index in [1.54, 1.807) is 0 Å². The third-order valence-corrected chi connectivity index (χ3v) is 2.80. The van der Waals surface area contributed by atoms with Gasteiger partial charge in [-0.1, -0.05) is 0 Å². The molecule has 1 aliphatic rings. The van der Waals surface area contributed by atoms with Crippen LogP contribution in [0.1, 0.15) is 31.0 Å². The van der Waals surface area contributed by atoms with Crippen LogP contribution in [0.4, 0.5) is 0 Å². The van der Waals surface area contributed by atoms with Crippen LogP contribution in [0.5, 0.6) is 0 Å². The number of hydrogen-bond donors (Lipinski definition) is 1. The molecular weight excluding hydrogens is 162 g/mol. The van der Waals surface area contributed by atoms with E-state index in [1.807, 2.05) is 12.5 Å². The van der Waals surface area contributed by atoms with Crippen LogP contribution >= 0.6 is 0 Å². The van der Waals surface area contributed by atoms with Gasteiger partial charge in [0.25, 0.3) is 0 Å². The first kappa shape index (κ1) is 8.75. The molecule has 0 amide bonds. The lowest BCUT2D eigenvalue weighted by molar-refractivity contribution is 0.446. The van der Waals surface area contributed by atoms with Gasteiger partial charge in [0.1, 0.15) is 0 Å². The smallest absolute Gasteiger partial charge is 0.0950 e. The number of nitrogens with zero attached hydrogens (tertiary/aromatic N) is 2. The predicted molar refractivity (Wildman–Crippen MR) is 52.7 cm³/mol. The second kappa shape index (κ2) is 3.92. The van der Waals surface area contributed by atoms with Crippen LogP contribution in [0.15, 0.2) is 12.5 Å². The van der Waals surface area contributed by atoms with Crippen LogP contribution < -0.4 is 5.32 Å². The highest BCUT2D eigenvalue weighted by atomic mass is 15.1. The van der Waals surface area contributed by atoms with Crippen molar-refractivity contribution in [1.29, 1.82) is 0 Å². The summed E-state index contributed by atoms with van der Waals surface area (Å²) in [7, 11) is 0. The van der Waals surface area contributed by atoms with Gasteiger partial charge in [-0.15, -0.1) is 0 Å². The molecule has 1 N–H and O–H groups in total. The van der Waals surface area contributed by atoms with Gasteiger partial charge in [0.2, 0.25) is 0 Å². The highest BCUT2D eigenvalue weighted by Crippen LogP contribution is 2.20. The van der Waals surface area contributed by atoms with E-state index < -0.39 is 0 Å². The van der Waals surface area contributed by atoms with Crippen molar-refractivity contribution in [3.8, 4) is 0 Å². The summed E-state index contributed by atoms with van der Waals surface area (Å²) in [5.41, 5.74) is 1.28. The van der Waals surface area contributed by atoms with Crippen molar-refractivity contribution in [2.75, 3.05) is 13.1 Å². The Hall–Kier alpha value is -0.830. The first-order valence-electron chi connectivity index (χ1n) is 5.07. The molecule has 13 heavy (non-hydrogen) atoms. The lowest BCUT2D eigenvalue weighted by atomic mass is 10.1. The lowest BCUT2D eigenvalue weighted by Gasteiger charge is -2.16. The summed E-state index contributed by atoms with van der Waals surface area (Å²) in [5.74, 6) is 0. The maximum Gasteiger partial charge on any atom is 0.0950 e. The molecule has 1 aliphatic heterocycles. The number of rotatable bonds is 1. The fourth-order valence-corrected chi connectivity index (χ4v) is 2.03. The molecule has 0 bridgehead atoms. The fourth-order valence-electron chi connectivity index (χ4n) is 2.03. The molecular formula is C10H17N3. The number of aromatic nitrogens is 2. The monoisotopic (exact) mass is 179 g/mol. The third-order valence-electron chi connectivity index (χ3n) is 2.80. The van der Waals surface area contributed by atoms with E-state index in [0.717, 1.165) is 6.54 Å². The summed E-state index contributed by atoms with van der Waals surface area (Å²) >= 11 is 0. The van der Waals surface area contributed by atoms with Crippen molar-refractivity contribution in [2.45, 2.75) is 32.2 Å². The molecule has 1 fully saturated rings. The van der Waals surface area contributed by atoms with Crippen molar-refractivity contribution < 1.29 is 0 Å². The van der Waals surface area contributed by atoms with Crippen LogP contribution in [0, 0.1) is 6.92 Å². The highest BCUT2D eigenvalue weighted by Gasteiger charge is 2.14. The molecule has 3 nitrogen and oxygen atoms in total. The molecule has 72 valence electrons. The maximum absolute atomic E-state index is 4.17. The van der Waals surface area contributed by atoms with Gasteiger partial charge in [0.15, 0.2) is 0 Å². The Morgan fingerprint density at radius 1 is 1.46 bits per heavy atom. The van der Waals surface area contributed by atoms with Gasteiger partial charge in [-0.3, -0.25) is 0 Å². The maximum atomic E-state index is 4.17. The largest absolute Gasteiger partial charge is 0.332 e. The van der Waals surface area contributed by atoms with Gasteiger partial charge >= 0.3 is 0 Å². The molecule has 1 atom stereocenters. The lowest BCUT2D eigenvalue weighted by Crippen LogP contribution is -2.15. The van der Waals surface area contributed by atoms with Crippen LogP contribution in [0.25, 0.3) is 0 Å². The van der Waals surface area contributed by atoms with E-state index in [0.29, 0.717) is 6.04 Å². The molecule has 0 spiro atoms. The van der Waals surface area contributed by atoms with Gasteiger partial charge in [-0.2, -0.15) is 0 Å². The Morgan fingerprint density at radius 3 is 3.15 bits per heavy atom. The first-order chi connectivity index (χ1) is 6.38. The summed E-state index contributed by atoms with van der Waals surface area (Å²) in [4.78, 5) is 4.17. The van der Waals surface area contributed by atoms with Gasteiger partial charge in [-0.05, 0) is 39.3 Å². The molecule has 2 heterocycles. The second-order valence-electron chi connectivity index (χ2n) is 3.78. The quantitative estimate of drug-likeness (QED) is 0.708. The summed E-state index contributed by atoms with van der Waals surface area (Å²) in [5, 5.41) is 3.42. The summed E-state index contributed by atoms with van der Waals surface area (Å²) in [6, 6.07) is 0.664. The molecule has 1 unspecified atom stereocenters. The normalized spacial score (nSPS) is 24.2. The minimum absolute atomic E-state index is 0.664. The highest BCUT2D eigenvalue weighted by molar-refractivity contribution is 4.97. The average molecular weight is 179 g/mol. The average Bonchev–Trinajstić information content (AvgIpc) is 2.43. The molecule has 1 saturated heterocycles. The molecule has 0 radical (unpaired) electrons. The van der Waals surface area contributed by atoms with Crippen LogP contribution in [0.3, 0.4) is 0 Å². The zero-order valence-electron chi connectivity index (χ0n) is 8.16.